The van der Waals surface area contributed by atoms with Crippen molar-refractivity contribution in [3.63, 3.8) is 0 Å². The highest BCUT2D eigenvalue weighted by Gasteiger charge is 2.46. The number of aliphatic hydroxyl groups is 1. The van der Waals surface area contributed by atoms with Crippen molar-refractivity contribution in [2.24, 2.45) is 5.92 Å². The number of ether oxygens (including phenoxy) is 2. The molecule has 9 heteroatoms. The van der Waals surface area contributed by atoms with Crippen molar-refractivity contribution in [3.05, 3.63) is 54.1 Å². The van der Waals surface area contributed by atoms with E-state index in [1.54, 1.807) is 36.4 Å². The Morgan fingerprint density at radius 3 is 2.64 bits per heavy atom. The molecule has 4 atom stereocenters. The SMILES string of the molecule is O=C(C[C@@H]1C[C@H]2c3cc(NS(=O)(=O)c4ccccc4)ccc3O[C@H]2[C@H](CO)O1)NCC1CC1. The molecule has 2 aliphatic heterocycles. The number of sulfonamides is 1. The van der Waals surface area contributed by atoms with Crippen LogP contribution in [-0.4, -0.2) is 50.9 Å². The van der Waals surface area contributed by atoms with Crippen molar-refractivity contribution in [3.8, 4) is 5.75 Å². The van der Waals surface area contributed by atoms with Crippen LogP contribution in [0.15, 0.2) is 53.4 Å². The van der Waals surface area contributed by atoms with Gasteiger partial charge in [-0.15, -0.1) is 0 Å². The van der Waals surface area contributed by atoms with E-state index in [9.17, 15) is 18.3 Å². The summed E-state index contributed by atoms with van der Waals surface area (Å²) >= 11 is 0. The zero-order valence-corrected chi connectivity index (χ0v) is 19.0. The minimum absolute atomic E-state index is 0.0504. The summed E-state index contributed by atoms with van der Waals surface area (Å²) in [4.78, 5) is 12.5. The topological polar surface area (TPSA) is 114 Å². The van der Waals surface area contributed by atoms with Crippen LogP contribution in [0, 0.1) is 5.92 Å². The van der Waals surface area contributed by atoms with Crippen LogP contribution in [-0.2, 0) is 19.6 Å². The van der Waals surface area contributed by atoms with Gasteiger partial charge in [-0.2, -0.15) is 0 Å². The van der Waals surface area contributed by atoms with Gasteiger partial charge in [0.2, 0.25) is 5.91 Å². The van der Waals surface area contributed by atoms with Gasteiger partial charge < -0.3 is 19.9 Å². The highest BCUT2D eigenvalue weighted by Crippen LogP contribution is 2.47. The van der Waals surface area contributed by atoms with E-state index in [-0.39, 0.29) is 42.0 Å². The summed E-state index contributed by atoms with van der Waals surface area (Å²) in [7, 11) is -3.72. The van der Waals surface area contributed by atoms with Gasteiger partial charge in [0.05, 0.1) is 24.0 Å². The highest BCUT2D eigenvalue weighted by atomic mass is 32.2. The molecule has 8 nitrogen and oxygen atoms in total. The fraction of sp³-hybridized carbons (Fsp3) is 0.458. The molecule has 0 unspecified atom stereocenters. The second-order valence-electron chi connectivity index (χ2n) is 9.03. The van der Waals surface area contributed by atoms with Gasteiger partial charge in [-0.1, -0.05) is 18.2 Å². The molecule has 1 saturated heterocycles. The van der Waals surface area contributed by atoms with Gasteiger partial charge in [-0.25, -0.2) is 8.42 Å². The Morgan fingerprint density at radius 2 is 1.91 bits per heavy atom. The second kappa shape index (κ2) is 8.96. The second-order valence-corrected chi connectivity index (χ2v) is 10.7. The number of carbonyl (C=O) groups is 1. The molecular weight excluding hydrogens is 444 g/mol. The van der Waals surface area contributed by atoms with Crippen LogP contribution in [0.5, 0.6) is 5.75 Å². The molecule has 1 aliphatic carbocycles. The minimum Gasteiger partial charge on any atom is -0.487 e. The molecule has 0 bridgehead atoms. The Labute approximate surface area is 193 Å². The molecule has 2 aromatic rings. The number of aliphatic hydroxyl groups excluding tert-OH is 1. The molecular formula is C24H28N2O6S. The quantitative estimate of drug-likeness (QED) is 0.544. The number of hydrogen-bond donors (Lipinski definition) is 3. The smallest absolute Gasteiger partial charge is 0.261 e. The molecule has 2 fully saturated rings. The Bertz CT molecular complexity index is 1120. The summed E-state index contributed by atoms with van der Waals surface area (Å²) in [5, 5.41) is 12.9. The van der Waals surface area contributed by atoms with Crippen LogP contribution in [0.1, 0.15) is 37.2 Å². The van der Waals surface area contributed by atoms with Gasteiger partial charge in [0.1, 0.15) is 18.0 Å². The molecule has 0 spiro atoms. The molecule has 1 saturated carbocycles. The molecule has 33 heavy (non-hydrogen) atoms. The van der Waals surface area contributed by atoms with Crippen LogP contribution in [0.4, 0.5) is 5.69 Å². The number of fused-ring (bicyclic) bond motifs is 3. The third kappa shape index (κ3) is 4.85. The number of benzene rings is 2. The Kier molecular flexibility index (Phi) is 6.03. The lowest BCUT2D eigenvalue weighted by Crippen LogP contribution is -2.47. The van der Waals surface area contributed by atoms with Crippen LogP contribution < -0.4 is 14.8 Å². The molecule has 5 rings (SSSR count). The first-order valence-electron chi connectivity index (χ1n) is 11.3. The standard InChI is InChI=1S/C24H28N2O6S/c27-14-22-24-20(11-17(31-22)12-23(28)25-13-15-6-7-15)19-10-16(8-9-21(19)32-24)26-33(29,30)18-4-2-1-3-5-18/h1-5,8-10,15,17,20,22,24,26-27H,6-7,11-14H2,(H,25,28)/t17-,20-,22-,24+/m0/s1. The molecule has 3 N–H and O–H groups in total. The highest BCUT2D eigenvalue weighted by molar-refractivity contribution is 7.92. The van der Waals surface area contributed by atoms with Crippen molar-refractivity contribution < 1.29 is 27.8 Å². The van der Waals surface area contributed by atoms with Crippen LogP contribution in [0.3, 0.4) is 0 Å². The van der Waals surface area contributed by atoms with E-state index in [0.717, 1.165) is 5.56 Å². The lowest BCUT2D eigenvalue weighted by molar-refractivity contribution is -0.142. The van der Waals surface area contributed by atoms with E-state index < -0.39 is 16.1 Å². The number of carbonyl (C=O) groups excluding carboxylic acids is 1. The molecule has 176 valence electrons. The van der Waals surface area contributed by atoms with Crippen LogP contribution in [0.25, 0.3) is 0 Å². The molecule has 1 amide bonds. The van der Waals surface area contributed by atoms with Crippen molar-refractivity contribution in [1.82, 2.24) is 5.32 Å². The maximum absolute atomic E-state index is 12.7. The van der Waals surface area contributed by atoms with Crippen molar-refractivity contribution in [2.45, 2.75) is 54.8 Å². The fourth-order valence-corrected chi connectivity index (χ4v) is 5.70. The van der Waals surface area contributed by atoms with E-state index in [1.807, 2.05) is 0 Å². The van der Waals surface area contributed by atoms with Gasteiger partial charge >= 0.3 is 0 Å². The number of hydrogen-bond acceptors (Lipinski definition) is 6. The Morgan fingerprint density at radius 1 is 1.12 bits per heavy atom. The zero-order valence-electron chi connectivity index (χ0n) is 18.1. The summed E-state index contributed by atoms with van der Waals surface area (Å²) in [6.45, 7) is 0.487. The van der Waals surface area contributed by atoms with Crippen LogP contribution >= 0.6 is 0 Å². The van der Waals surface area contributed by atoms with Gasteiger partial charge in [-0.05, 0) is 55.5 Å². The maximum Gasteiger partial charge on any atom is 0.261 e. The third-order valence-corrected chi connectivity index (χ3v) is 7.90. The fourth-order valence-electron chi connectivity index (χ4n) is 4.63. The number of anilines is 1. The number of nitrogens with one attached hydrogen (secondary N) is 2. The lowest BCUT2D eigenvalue weighted by Gasteiger charge is -2.37. The van der Waals surface area contributed by atoms with E-state index >= 15 is 0 Å². The van der Waals surface area contributed by atoms with Gasteiger partial charge in [0.15, 0.2) is 0 Å². The normalized spacial score (nSPS) is 26.1. The van der Waals surface area contributed by atoms with E-state index in [2.05, 4.69) is 10.0 Å². The van der Waals surface area contributed by atoms with Crippen molar-refractivity contribution in [1.29, 1.82) is 0 Å². The van der Waals surface area contributed by atoms with Crippen LogP contribution in [0.2, 0.25) is 0 Å². The van der Waals surface area contributed by atoms with Gasteiger partial charge in [0.25, 0.3) is 10.0 Å². The Hall–Kier alpha value is -2.62. The molecule has 3 aliphatic rings. The molecule has 2 aromatic carbocycles. The van der Waals surface area contributed by atoms with E-state index in [4.69, 9.17) is 9.47 Å². The largest absolute Gasteiger partial charge is 0.487 e. The first-order chi connectivity index (χ1) is 15.9. The van der Waals surface area contributed by atoms with Crippen molar-refractivity contribution >= 4 is 21.6 Å². The number of rotatable bonds is 8. The molecule has 0 radical (unpaired) electrons. The minimum atomic E-state index is -3.72. The first-order valence-corrected chi connectivity index (χ1v) is 12.8. The average molecular weight is 473 g/mol. The molecule has 2 heterocycles. The molecule has 0 aromatic heterocycles. The third-order valence-electron chi connectivity index (χ3n) is 6.50. The first kappa shape index (κ1) is 22.2. The van der Waals surface area contributed by atoms with Gasteiger partial charge in [0, 0.05) is 23.7 Å². The summed E-state index contributed by atoms with van der Waals surface area (Å²) in [5.74, 6) is 1.09. The summed E-state index contributed by atoms with van der Waals surface area (Å²) < 4.78 is 40.2. The predicted octanol–water partition coefficient (Wildman–Crippen LogP) is 2.40. The van der Waals surface area contributed by atoms with Crippen molar-refractivity contribution in [2.75, 3.05) is 17.9 Å². The number of amides is 1. The summed E-state index contributed by atoms with van der Waals surface area (Å²) in [6.07, 6.45) is 1.84. The van der Waals surface area contributed by atoms with E-state index in [0.29, 0.717) is 30.3 Å². The Balaban J connectivity index is 1.32. The monoisotopic (exact) mass is 472 g/mol. The summed E-state index contributed by atoms with van der Waals surface area (Å²) in [5.41, 5.74) is 1.30. The van der Waals surface area contributed by atoms with Gasteiger partial charge in [-0.3, -0.25) is 9.52 Å². The lowest BCUT2D eigenvalue weighted by atomic mass is 9.84. The maximum atomic E-state index is 12.7. The summed E-state index contributed by atoms with van der Waals surface area (Å²) in [6, 6.07) is 13.4. The average Bonchev–Trinajstić information content (AvgIpc) is 3.58. The van der Waals surface area contributed by atoms with E-state index in [1.165, 1.54) is 25.0 Å². The predicted molar refractivity (Wildman–Crippen MR) is 122 cm³/mol. The zero-order chi connectivity index (χ0) is 23.0.